The van der Waals surface area contributed by atoms with Gasteiger partial charge in [0.25, 0.3) is 0 Å². The maximum absolute atomic E-state index is 5.22. The van der Waals surface area contributed by atoms with Gasteiger partial charge in [-0.15, -0.1) is 0 Å². The Morgan fingerprint density at radius 3 is 2.71 bits per heavy atom. The predicted molar refractivity (Wildman–Crippen MR) is 27.1 cm³/mol. The first-order valence-electron chi connectivity index (χ1n) is 2.05. The van der Waals surface area contributed by atoms with Crippen molar-refractivity contribution in [3.05, 3.63) is 0 Å². The van der Waals surface area contributed by atoms with Crippen molar-refractivity contribution in [3.63, 3.8) is 0 Å². The first-order chi connectivity index (χ1) is 3.29. The van der Waals surface area contributed by atoms with Gasteiger partial charge in [0, 0.05) is 7.05 Å². The van der Waals surface area contributed by atoms with Crippen LogP contribution in [-0.4, -0.2) is 30.1 Å². The average Bonchev–Trinajstić information content (AvgIpc) is 1.87. The zero-order valence-electron chi connectivity index (χ0n) is 4.20. The minimum absolute atomic E-state index is 0.694. The van der Waals surface area contributed by atoms with E-state index in [1.165, 1.54) is 5.12 Å². The summed E-state index contributed by atoms with van der Waals surface area (Å²) < 4.78 is 0. The van der Waals surface area contributed by atoms with Gasteiger partial charge in [-0.1, -0.05) is 0 Å². The van der Waals surface area contributed by atoms with Crippen LogP contribution in [0, 0.1) is 0 Å². The normalized spacial score (nSPS) is 19.1. The number of hydrogen-bond donors (Lipinski definition) is 1. The van der Waals surface area contributed by atoms with Crippen molar-refractivity contribution in [2.45, 2.75) is 0 Å². The third-order valence-electron chi connectivity index (χ3n) is 0.765. The van der Waals surface area contributed by atoms with Crippen LogP contribution in [0.3, 0.4) is 0 Å². The quantitative estimate of drug-likeness (QED) is 0.397. The Morgan fingerprint density at radius 2 is 2.57 bits per heavy atom. The Kier molecular flexibility index (Phi) is 0.867. The Hall–Kier alpha value is -0.770. The van der Waals surface area contributed by atoms with E-state index in [1.54, 1.807) is 6.34 Å². The summed E-state index contributed by atoms with van der Waals surface area (Å²) in [4.78, 5) is 1.89. The lowest BCUT2D eigenvalue weighted by Gasteiger charge is -2.07. The number of hydrazine groups is 1. The Bertz CT molecular complexity index is 78.9. The van der Waals surface area contributed by atoms with Gasteiger partial charge in [0.1, 0.15) is 13.0 Å². The molecule has 0 spiro atoms. The van der Waals surface area contributed by atoms with Crippen LogP contribution in [0.15, 0.2) is 5.10 Å². The lowest BCUT2D eigenvalue weighted by molar-refractivity contribution is 0.260. The number of hydrogen-bond acceptors (Lipinski definition) is 4. The predicted octanol–water partition coefficient (Wildman–Crippen LogP) is -0.992. The molecule has 0 aromatic heterocycles. The Labute approximate surface area is 42.2 Å². The molecule has 0 bridgehead atoms. The van der Waals surface area contributed by atoms with E-state index in [-0.39, 0.29) is 0 Å². The maximum atomic E-state index is 5.22. The van der Waals surface area contributed by atoms with E-state index in [0.29, 0.717) is 6.67 Å². The minimum atomic E-state index is 0.694. The van der Waals surface area contributed by atoms with Crippen molar-refractivity contribution in [2.24, 2.45) is 10.9 Å². The van der Waals surface area contributed by atoms with Crippen molar-refractivity contribution in [1.82, 2.24) is 10.0 Å². The summed E-state index contributed by atoms with van der Waals surface area (Å²) in [6.45, 7) is 0.694. The van der Waals surface area contributed by atoms with Gasteiger partial charge in [-0.25, -0.2) is 11.0 Å². The van der Waals surface area contributed by atoms with Gasteiger partial charge in [0.15, 0.2) is 0 Å². The van der Waals surface area contributed by atoms with Crippen LogP contribution in [0.1, 0.15) is 0 Å². The topological polar surface area (TPSA) is 44.9 Å². The molecule has 0 saturated carbocycles. The molecule has 0 unspecified atom stereocenters. The molecule has 2 N–H and O–H groups in total. The number of hydrazone groups is 1. The van der Waals surface area contributed by atoms with Gasteiger partial charge in [-0.05, 0) is 0 Å². The van der Waals surface area contributed by atoms with E-state index < -0.39 is 0 Å². The zero-order chi connectivity index (χ0) is 5.28. The largest absolute Gasteiger partial charge is 0.344 e. The number of nitrogens with two attached hydrogens (primary N) is 1. The molecule has 1 heterocycles. The SMILES string of the molecule is CN1C=NN(N)C1. The highest BCUT2D eigenvalue weighted by Crippen LogP contribution is 1.89. The molecule has 0 aromatic rings. The van der Waals surface area contributed by atoms with Gasteiger partial charge in [0.05, 0.1) is 0 Å². The third-order valence-corrected chi connectivity index (χ3v) is 0.765. The van der Waals surface area contributed by atoms with E-state index in [0.717, 1.165) is 0 Å². The van der Waals surface area contributed by atoms with Gasteiger partial charge in [-0.2, -0.15) is 5.10 Å². The first-order valence-corrected chi connectivity index (χ1v) is 2.05. The molecule has 0 aromatic carbocycles. The van der Waals surface area contributed by atoms with Crippen molar-refractivity contribution < 1.29 is 0 Å². The van der Waals surface area contributed by atoms with E-state index in [2.05, 4.69) is 5.10 Å². The van der Waals surface area contributed by atoms with Gasteiger partial charge < -0.3 is 4.90 Å². The van der Waals surface area contributed by atoms with Gasteiger partial charge in [-0.3, -0.25) is 0 Å². The highest BCUT2D eigenvalue weighted by Gasteiger charge is 2.02. The van der Waals surface area contributed by atoms with Gasteiger partial charge >= 0.3 is 0 Å². The van der Waals surface area contributed by atoms with Gasteiger partial charge in [0.2, 0.25) is 0 Å². The lowest BCUT2D eigenvalue weighted by Crippen LogP contribution is -2.28. The molecule has 4 nitrogen and oxygen atoms in total. The minimum Gasteiger partial charge on any atom is -0.344 e. The molecule has 0 radical (unpaired) electrons. The first kappa shape index (κ1) is 4.39. The number of nitrogens with zero attached hydrogens (tertiary/aromatic N) is 3. The molecule has 0 saturated heterocycles. The fourth-order valence-electron chi connectivity index (χ4n) is 0.456. The van der Waals surface area contributed by atoms with Crippen LogP contribution in [0.4, 0.5) is 0 Å². The van der Waals surface area contributed by atoms with E-state index >= 15 is 0 Å². The van der Waals surface area contributed by atoms with Crippen molar-refractivity contribution in [2.75, 3.05) is 13.7 Å². The molecule has 0 atom stereocenters. The Morgan fingerprint density at radius 1 is 1.86 bits per heavy atom. The smallest absolute Gasteiger partial charge is 0.124 e. The monoisotopic (exact) mass is 100 g/mol. The molecule has 7 heavy (non-hydrogen) atoms. The molecular formula is C3H8N4. The van der Waals surface area contributed by atoms with Crippen LogP contribution in [0.25, 0.3) is 0 Å². The molecule has 0 amide bonds. The highest BCUT2D eigenvalue weighted by atomic mass is 15.7. The summed E-state index contributed by atoms with van der Waals surface area (Å²) in [6, 6.07) is 0. The average molecular weight is 100 g/mol. The summed E-state index contributed by atoms with van der Waals surface area (Å²) >= 11 is 0. The summed E-state index contributed by atoms with van der Waals surface area (Å²) in [5.41, 5.74) is 0. The van der Waals surface area contributed by atoms with Crippen LogP contribution in [-0.2, 0) is 0 Å². The maximum Gasteiger partial charge on any atom is 0.124 e. The second-order valence-corrected chi connectivity index (χ2v) is 1.57. The summed E-state index contributed by atoms with van der Waals surface area (Å²) in [5.74, 6) is 5.22. The molecule has 4 heteroatoms. The summed E-state index contributed by atoms with van der Waals surface area (Å²) in [6.07, 6.45) is 1.68. The highest BCUT2D eigenvalue weighted by molar-refractivity contribution is 5.55. The second-order valence-electron chi connectivity index (χ2n) is 1.57. The fourth-order valence-corrected chi connectivity index (χ4v) is 0.456. The summed E-state index contributed by atoms with van der Waals surface area (Å²) in [5, 5.41) is 5.10. The molecule has 1 rings (SSSR count). The third kappa shape index (κ3) is 0.806. The molecule has 0 aliphatic carbocycles. The fraction of sp³-hybridized carbons (Fsp3) is 0.667. The van der Waals surface area contributed by atoms with E-state index in [1.807, 2.05) is 11.9 Å². The molecular weight excluding hydrogens is 92.1 g/mol. The van der Waals surface area contributed by atoms with Crippen LogP contribution in [0.2, 0.25) is 0 Å². The molecule has 0 fully saturated rings. The molecule has 40 valence electrons. The van der Waals surface area contributed by atoms with Crippen molar-refractivity contribution in [3.8, 4) is 0 Å². The van der Waals surface area contributed by atoms with E-state index in [9.17, 15) is 0 Å². The van der Waals surface area contributed by atoms with Crippen LogP contribution < -0.4 is 5.84 Å². The number of rotatable bonds is 0. The lowest BCUT2D eigenvalue weighted by atomic mass is 10.9. The van der Waals surface area contributed by atoms with Crippen LogP contribution >= 0.6 is 0 Å². The summed E-state index contributed by atoms with van der Waals surface area (Å²) in [7, 11) is 1.91. The zero-order valence-corrected chi connectivity index (χ0v) is 4.20. The molecule has 1 aliphatic rings. The van der Waals surface area contributed by atoms with Crippen molar-refractivity contribution in [1.29, 1.82) is 0 Å². The van der Waals surface area contributed by atoms with E-state index in [4.69, 9.17) is 5.84 Å². The Balaban J connectivity index is 2.42. The van der Waals surface area contributed by atoms with Crippen molar-refractivity contribution >= 4 is 6.34 Å². The molecule has 1 aliphatic heterocycles. The van der Waals surface area contributed by atoms with Crippen LogP contribution in [0.5, 0.6) is 0 Å². The second kappa shape index (κ2) is 1.38. The standard InChI is InChI=1S/C3H8N4/c1-6-2-5-7(4)3-6/h2H,3-4H2,1H3.